The number of esters is 1. The third kappa shape index (κ3) is 3.90. The topological polar surface area (TPSA) is 83.9 Å². The van der Waals surface area contributed by atoms with Crippen molar-refractivity contribution in [2.75, 3.05) is 20.3 Å². The molecular formula is C12H23NO5S. The molecule has 1 atom stereocenters. The summed E-state index contributed by atoms with van der Waals surface area (Å²) in [6.45, 7) is 1.12. The lowest BCUT2D eigenvalue weighted by Crippen LogP contribution is -2.48. The van der Waals surface area contributed by atoms with E-state index in [1.54, 1.807) is 0 Å². The van der Waals surface area contributed by atoms with E-state index in [2.05, 4.69) is 4.74 Å². The Hall–Kier alpha value is -0.660. The average molecular weight is 293 g/mol. The Labute approximate surface area is 114 Å². The number of carbonyl (C=O) groups is 1. The highest BCUT2D eigenvalue weighted by molar-refractivity contribution is 7.90. The maximum atomic E-state index is 12.4. The van der Waals surface area contributed by atoms with E-state index in [0.29, 0.717) is 0 Å². The molecule has 0 aliphatic heterocycles. The van der Waals surface area contributed by atoms with Crippen molar-refractivity contribution in [3.05, 3.63) is 0 Å². The van der Waals surface area contributed by atoms with Gasteiger partial charge in [-0.3, -0.25) is 4.79 Å². The molecular weight excluding hydrogens is 270 g/mol. The molecule has 0 bridgehead atoms. The maximum absolute atomic E-state index is 12.4. The zero-order valence-electron chi connectivity index (χ0n) is 11.5. The molecule has 0 spiro atoms. The molecule has 112 valence electrons. The van der Waals surface area contributed by atoms with Crippen molar-refractivity contribution in [3.8, 4) is 0 Å². The van der Waals surface area contributed by atoms with Gasteiger partial charge in [-0.2, -0.15) is 4.31 Å². The van der Waals surface area contributed by atoms with E-state index in [1.807, 2.05) is 0 Å². The number of rotatable bonds is 6. The minimum absolute atomic E-state index is 0.0360. The molecule has 1 rings (SSSR count). The number of hydrogen-bond acceptors (Lipinski definition) is 5. The first-order valence-corrected chi connectivity index (χ1v) is 8.14. The first kappa shape index (κ1) is 16.4. The fourth-order valence-electron chi connectivity index (χ4n) is 2.48. The van der Waals surface area contributed by atoms with Gasteiger partial charge in [0.25, 0.3) is 0 Å². The summed E-state index contributed by atoms with van der Waals surface area (Å²) in [5, 5.41) is 7.86. The second-order valence-electron chi connectivity index (χ2n) is 4.84. The Kier molecular flexibility index (Phi) is 6.22. The molecule has 1 aliphatic carbocycles. The van der Waals surface area contributed by atoms with Gasteiger partial charge in [0, 0.05) is 12.6 Å². The second kappa shape index (κ2) is 7.21. The number of aliphatic hydroxyl groups excluding tert-OH is 1. The van der Waals surface area contributed by atoms with Crippen LogP contribution in [0.15, 0.2) is 0 Å². The molecule has 1 aliphatic rings. The molecule has 1 unspecified atom stereocenters. The van der Waals surface area contributed by atoms with Crippen molar-refractivity contribution in [1.29, 1.82) is 0 Å². The SMILES string of the molecule is COC(=O)C(C)S(=O)(=O)N(CCO)C1CCCCC1. The predicted molar refractivity (Wildman–Crippen MR) is 71.1 cm³/mol. The van der Waals surface area contributed by atoms with Gasteiger partial charge in [-0.25, -0.2) is 8.42 Å². The molecule has 0 aromatic rings. The molecule has 0 saturated heterocycles. The smallest absolute Gasteiger partial charge is 0.325 e. The fraction of sp³-hybridized carbons (Fsp3) is 0.917. The third-order valence-electron chi connectivity index (χ3n) is 3.61. The summed E-state index contributed by atoms with van der Waals surface area (Å²) in [4.78, 5) is 11.5. The van der Waals surface area contributed by atoms with Crippen molar-refractivity contribution in [3.63, 3.8) is 0 Å². The Bertz CT molecular complexity index is 389. The van der Waals surface area contributed by atoms with Gasteiger partial charge in [0.2, 0.25) is 10.0 Å². The normalized spacial score (nSPS) is 19.4. The van der Waals surface area contributed by atoms with Gasteiger partial charge in [0.15, 0.2) is 5.25 Å². The Morgan fingerprint density at radius 3 is 2.42 bits per heavy atom. The summed E-state index contributed by atoms with van der Waals surface area (Å²) in [5.41, 5.74) is 0. The molecule has 0 amide bonds. The molecule has 0 aromatic carbocycles. The zero-order valence-corrected chi connectivity index (χ0v) is 12.4. The van der Waals surface area contributed by atoms with E-state index in [0.717, 1.165) is 32.1 Å². The number of sulfonamides is 1. The molecule has 0 heterocycles. The highest BCUT2D eigenvalue weighted by Crippen LogP contribution is 2.26. The maximum Gasteiger partial charge on any atom is 0.325 e. The molecule has 1 fully saturated rings. The third-order valence-corrected chi connectivity index (χ3v) is 5.83. The molecule has 6 nitrogen and oxygen atoms in total. The van der Waals surface area contributed by atoms with Crippen LogP contribution in [-0.4, -0.2) is 55.4 Å². The van der Waals surface area contributed by atoms with Crippen LogP contribution in [-0.2, 0) is 19.6 Å². The van der Waals surface area contributed by atoms with Crippen LogP contribution in [0.3, 0.4) is 0 Å². The van der Waals surface area contributed by atoms with Gasteiger partial charge >= 0.3 is 5.97 Å². The molecule has 7 heteroatoms. The average Bonchev–Trinajstić information content (AvgIpc) is 2.43. The zero-order chi connectivity index (χ0) is 14.5. The minimum atomic E-state index is -3.78. The molecule has 19 heavy (non-hydrogen) atoms. The van der Waals surface area contributed by atoms with Crippen molar-refractivity contribution in [2.24, 2.45) is 0 Å². The Morgan fingerprint density at radius 1 is 1.37 bits per heavy atom. The summed E-state index contributed by atoms with van der Waals surface area (Å²) < 4.78 is 30.7. The van der Waals surface area contributed by atoms with Crippen molar-refractivity contribution in [2.45, 2.75) is 50.3 Å². The number of nitrogens with zero attached hydrogens (tertiary/aromatic N) is 1. The molecule has 0 radical (unpaired) electrons. The fourth-order valence-corrected chi connectivity index (χ4v) is 4.18. The summed E-state index contributed by atoms with van der Waals surface area (Å²) in [7, 11) is -2.60. The number of ether oxygens (including phenoxy) is 1. The summed E-state index contributed by atoms with van der Waals surface area (Å²) in [6, 6.07) is -0.113. The van der Waals surface area contributed by atoms with Crippen LogP contribution in [0.1, 0.15) is 39.0 Å². The number of carbonyl (C=O) groups excluding carboxylic acids is 1. The van der Waals surface area contributed by atoms with Crippen molar-refractivity contribution >= 4 is 16.0 Å². The monoisotopic (exact) mass is 293 g/mol. The van der Waals surface area contributed by atoms with Crippen LogP contribution >= 0.6 is 0 Å². The Balaban J connectivity index is 2.92. The first-order valence-electron chi connectivity index (χ1n) is 6.64. The van der Waals surface area contributed by atoms with E-state index in [4.69, 9.17) is 5.11 Å². The van der Waals surface area contributed by atoms with Gasteiger partial charge in [-0.1, -0.05) is 19.3 Å². The lowest BCUT2D eigenvalue weighted by molar-refractivity contribution is -0.139. The van der Waals surface area contributed by atoms with Gasteiger partial charge in [0.1, 0.15) is 0 Å². The number of hydrogen-bond donors (Lipinski definition) is 1. The molecule has 1 saturated carbocycles. The Morgan fingerprint density at radius 2 is 1.95 bits per heavy atom. The standard InChI is InChI=1S/C12H23NO5S/c1-10(12(15)18-2)19(16,17)13(8-9-14)11-6-4-3-5-7-11/h10-11,14H,3-9H2,1-2H3. The van der Waals surface area contributed by atoms with Crippen molar-refractivity contribution < 1.29 is 23.1 Å². The van der Waals surface area contributed by atoms with Gasteiger partial charge in [-0.05, 0) is 19.8 Å². The first-order chi connectivity index (χ1) is 8.95. The summed E-state index contributed by atoms with van der Waals surface area (Å²) in [5.74, 6) is -0.765. The van der Waals surface area contributed by atoms with E-state index >= 15 is 0 Å². The van der Waals surface area contributed by atoms with E-state index < -0.39 is 21.2 Å². The predicted octanol–water partition coefficient (Wildman–Crippen LogP) is 0.505. The van der Waals surface area contributed by atoms with Crippen LogP contribution in [0.25, 0.3) is 0 Å². The van der Waals surface area contributed by atoms with Crippen LogP contribution in [0.4, 0.5) is 0 Å². The lowest BCUT2D eigenvalue weighted by Gasteiger charge is -2.34. The van der Waals surface area contributed by atoms with Crippen LogP contribution in [0.5, 0.6) is 0 Å². The summed E-state index contributed by atoms with van der Waals surface area (Å²) in [6.07, 6.45) is 4.64. The van der Waals surface area contributed by atoms with Gasteiger partial charge < -0.3 is 9.84 Å². The molecule has 1 N–H and O–H groups in total. The van der Waals surface area contributed by atoms with Crippen molar-refractivity contribution in [1.82, 2.24) is 4.31 Å². The highest BCUT2D eigenvalue weighted by atomic mass is 32.2. The number of aliphatic hydroxyl groups is 1. The largest absolute Gasteiger partial charge is 0.468 e. The van der Waals surface area contributed by atoms with Crippen LogP contribution < -0.4 is 0 Å². The van der Waals surface area contributed by atoms with Gasteiger partial charge in [-0.15, -0.1) is 0 Å². The van der Waals surface area contributed by atoms with Crippen LogP contribution in [0, 0.1) is 0 Å². The minimum Gasteiger partial charge on any atom is -0.468 e. The van der Waals surface area contributed by atoms with Crippen LogP contribution in [0.2, 0.25) is 0 Å². The second-order valence-corrected chi connectivity index (χ2v) is 7.04. The van der Waals surface area contributed by atoms with E-state index in [9.17, 15) is 13.2 Å². The van der Waals surface area contributed by atoms with Gasteiger partial charge in [0.05, 0.1) is 13.7 Å². The van der Waals surface area contributed by atoms with E-state index in [-0.39, 0.29) is 19.2 Å². The summed E-state index contributed by atoms with van der Waals surface area (Å²) >= 11 is 0. The highest BCUT2D eigenvalue weighted by Gasteiger charge is 2.38. The quantitative estimate of drug-likeness (QED) is 0.721. The lowest BCUT2D eigenvalue weighted by atomic mass is 9.95. The number of methoxy groups -OCH3 is 1. The van der Waals surface area contributed by atoms with E-state index in [1.165, 1.54) is 18.3 Å². The molecule has 0 aromatic heterocycles.